The first-order valence-corrected chi connectivity index (χ1v) is 11.5. The highest BCUT2D eigenvalue weighted by atomic mass is 16.5. The molecule has 34 heavy (non-hydrogen) atoms. The molecule has 2 saturated carbocycles. The van der Waals surface area contributed by atoms with E-state index in [1.54, 1.807) is 30.9 Å². The van der Waals surface area contributed by atoms with Crippen LogP contribution in [0.2, 0.25) is 0 Å². The predicted octanol–water partition coefficient (Wildman–Crippen LogP) is 1.40. The number of fused-ring (bicyclic) bond motifs is 2. The van der Waals surface area contributed by atoms with Crippen molar-refractivity contribution < 1.29 is 14.3 Å². The molecule has 5 atom stereocenters. The zero-order valence-corrected chi connectivity index (χ0v) is 19.0. The van der Waals surface area contributed by atoms with Crippen molar-refractivity contribution in [2.24, 2.45) is 11.8 Å². The summed E-state index contributed by atoms with van der Waals surface area (Å²) >= 11 is 0. The standard InChI is InChI=1S/C23H27N7O4/c1-24-16-8-19(26-15-4-3-7-29(23(15)32)20-12-10-34-11-13(12)20)28-30-17(9-25-21(16)30)22(31)27-14-5-6-18(14)33-2/h3-4,7-9,12-14,18,20,24H,5-6,10-11H2,1-2H3,(H,26,28)(H,27,31)/t12-,13+,14-,18-,20-/m0/s1. The van der Waals surface area contributed by atoms with Crippen LogP contribution in [0.5, 0.6) is 0 Å². The highest BCUT2D eigenvalue weighted by Gasteiger charge is 2.55. The van der Waals surface area contributed by atoms with Gasteiger partial charge in [0.05, 0.1) is 37.2 Å². The Morgan fingerprint density at radius 3 is 2.76 bits per heavy atom. The van der Waals surface area contributed by atoms with Crippen LogP contribution in [-0.2, 0) is 9.47 Å². The minimum absolute atomic E-state index is 0.0248. The number of anilines is 3. The van der Waals surface area contributed by atoms with Crippen LogP contribution in [0.25, 0.3) is 5.65 Å². The molecule has 178 valence electrons. The van der Waals surface area contributed by atoms with Crippen molar-refractivity contribution in [1.29, 1.82) is 0 Å². The van der Waals surface area contributed by atoms with E-state index < -0.39 is 0 Å². The Kier molecular flexibility index (Phi) is 5.03. The monoisotopic (exact) mass is 465 g/mol. The molecule has 11 nitrogen and oxygen atoms in total. The number of nitrogens with one attached hydrogen (secondary N) is 3. The molecular formula is C23H27N7O4. The van der Waals surface area contributed by atoms with Crippen molar-refractivity contribution >= 4 is 28.7 Å². The van der Waals surface area contributed by atoms with Gasteiger partial charge in [-0.1, -0.05) is 0 Å². The second kappa shape index (κ2) is 8.10. The van der Waals surface area contributed by atoms with Crippen molar-refractivity contribution in [3.8, 4) is 0 Å². The van der Waals surface area contributed by atoms with Gasteiger partial charge in [-0.05, 0) is 25.0 Å². The normalized spacial score (nSPS) is 27.2. The zero-order valence-electron chi connectivity index (χ0n) is 19.0. The van der Waals surface area contributed by atoms with Crippen LogP contribution in [0.1, 0.15) is 29.4 Å². The van der Waals surface area contributed by atoms with Crippen LogP contribution in [0, 0.1) is 11.8 Å². The number of hydrogen-bond acceptors (Lipinski definition) is 8. The van der Waals surface area contributed by atoms with Gasteiger partial charge in [0.2, 0.25) is 0 Å². The summed E-state index contributed by atoms with van der Waals surface area (Å²) in [7, 11) is 3.42. The lowest BCUT2D eigenvalue weighted by Gasteiger charge is -2.35. The summed E-state index contributed by atoms with van der Waals surface area (Å²) in [6.07, 6.45) is 5.16. The van der Waals surface area contributed by atoms with E-state index in [1.807, 2.05) is 12.3 Å². The molecule has 0 aromatic carbocycles. The number of carbonyl (C=O) groups excluding carboxylic acids is 1. The quantitative estimate of drug-likeness (QED) is 0.478. The third-order valence-corrected chi connectivity index (χ3v) is 7.27. The highest BCUT2D eigenvalue weighted by molar-refractivity contribution is 5.94. The molecule has 2 aliphatic carbocycles. The molecule has 11 heteroatoms. The number of nitrogens with zero attached hydrogens (tertiary/aromatic N) is 4. The van der Waals surface area contributed by atoms with E-state index in [9.17, 15) is 9.59 Å². The Bertz CT molecular complexity index is 1310. The van der Waals surface area contributed by atoms with Crippen LogP contribution >= 0.6 is 0 Å². The summed E-state index contributed by atoms with van der Waals surface area (Å²) in [5.41, 5.74) is 1.83. The smallest absolute Gasteiger partial charge is 0.274 e. The lowest BCUT2D eigenvalue weighted by atomic mass is 9.89. The third kappa shape index (κ3) is 3.34. The molecule has 0 radical (unpaired) electrons. The van der Waals surface area contributed by atoms with Crippen molar-refractivity contribution in [2.45, 2.75) is 31.0 Å². The molecule has 1 aliphatic heterocycles. The van der Waals surface area contributed by atoms with E-state index in [2.05, 4.69) is 26.0 Å². The second-order valence-electron chi connectivity index (χ2n) is 9.12. The van der Waals surface area contributed by atoms with Gasteiger partial charge in [-0.2, -0.15) is 0 Å². The summed E-state index contributed by atoms with van der Waals surface area (Å²) in [6, 6.07) is 5.53. The molecule has 3 aliphatic rings. The minimum atomic E-state index is -0.268. The molecule has 3 fully saturated rings. The lowest BCUT2D eigenvalue weighted by molar-refractivity contribution is 0.00718. The summed E-state index contributed by atoms with van der Waals surface area (Å²) in [5.74, 6) is 0.990. The first-order chi connectivity index (χ1) is 16.6. The van der Waals surface area contributed by atoms with Gasteiger partial charge in [-0.25, -0.2) is 9.50 Å². The molecule has 3 aromatic heterocycles. The van der Waals surface area contributed by atoms with Gasteiger partial charge in [0.1, 0.15) is 5.69 Å². The van der Waals surface area contributed by atoms with Crippen LogP contribution in [-0.4, -0.2) is 64.6 Å². The maximum Gasteiger partial charge on any atom is 0.274 e. The average molecular weight is 466 g/mol. The van der Waals surface area contributed by atoms with E-state index in [1.165, 1.54) is 10.7 Å². The zero-order chi connectivity index (χ0) is 23.4. The summed E-state index contributed by atoms with van der Waals surface area (Å²) in [5, 5.41) is 13.8. The Morgan fingerprint density at radius 1 is 1.24 bits per heavy atom. The van der Waals surface area contributed by atoms with Gasteiger partial charge < -0.3 is 30.0 Å². The molecule has 3 aromatic rings. The molecule has 3 N–H and O–H groups in total. The number of hydrogen-bond donors (Lipinski definition) is 3. The molecule has 0 unspecified atom stereocenters. The maximum atomic E-state index is 13.2. The van der Waals surface area contributed by atoms with Gasteiger partial charge >= 0.3 is 0 Å². The molecule has 4 heterocycles. The number of pyridine rings is 1. The highest BCUT2D eigenvalue weighted by Crippen LogP contribution is 2.53. The number of amides is 1. The molecular weight excluding hydrogens is 438 g/mol. The van der Waals surface area contributed by atoms with Crippen molar-refractivity contribution in [3.05, 3.63) is 46.6 Å². The minimum Gasteiger partial charge on any atom is -0.385 e. The van der Waals surface area contributed by atoms with Crippen LogP contribution in [0.15, 0.2) is 35.4 Å². The number of imidazole rings is 1. The topological polar surface area (TPSA) is 124 Å². The van der Waals surface area contributed by atoms with E-state index >= 15 is 0 Å². The van der Waals surface area contributed by atoms with Crippen LogP contribution in [0.3, 0.4) is 0 Å². The Hall–Kier alpha value is -3.44. The number of carbonyl (C=O) groups is 1. The first kappa shape index (κ1) is 21.1. The predicted molar refractivity (Wildman–Crippen MR) is 125 cm³/mol. The van der Waals surface area contributed by atoms with Crippen molar-refractivity contribution in [2.75, 3.05) is 38.0 Å². The van der Waals surface area contributed by atoms with E-state index in [4.69, 9.17) is 9.47 Å². The number of rotatable bonds is 7. The summed E-state index contributed by atoms with van der Waals surface area (Å²) < 4.78 is 14.1. The fraction of sp³-hybridized carbons (Fsp3) is 0.478. The van der Waals surface area contributed by atoms with Crippen LogP contribution < -0.4 is 21.5 Å². The molecule has 0 bridgehead atoms. The lowest BCUT2D eigenvalue weighted by Crippen LogP contribution is -2.51. The van der Waals surface area contributed by atoms with Gasteiger partial charge in [0.15, 0.2) is 17.2 Å². The number of ether oxygens (including phenoxy) is 2. The van der Waals surface area contributed by atoms with Crippen molar-refractivity contribution in [1.82, 2.24) is 24.5 Å². The Labute approximate surface area is 195 Å². The summed E-state index contributed by atoms with van der Waals surface area (Å²) in [6.45, 7) is 1.42. The van der Waals surface area contributed by atoms with E-state index in [0.29, 0.717) is 53.6 Å². The third-order valence-electron chi connectivity index (χ3n) is 7.27. The van der Waals surface area contributed by atoms with Gasteiger partial charge in [0, 0.05) is 44.3 Å². The number of methoxy groups -OCH3 is 1. The van der Waals surface area contributed by atoms with Gasteiger partial charge in [-0.15, -0.1) is 5.10 Å². The average Bonchev–Trinajstić information content (AvgIpc) is 3.15. The fourth-order valence-electron chi connectivity index (χ4n) is 5.13. The first-order valence-electron chi connectivity index (χ1n) is 11.5. The van der Waals surface area contributed by atoms with E-state index in [-0.39, 0.29) is 29.7 Å². The molecule has 1 saturated heterocycles. The largest absolute Gasteiger partial charge is 0.385 e. The summed E-state index contributed by atoms with van der Waals surface area (Å²) in [4.78, 5) is 30.5. The maximum absolute atomic E-state index is 13.2. The molecule has 0 spiro atoms. The van der Waals surface area contributed by atoms with Gasteiger partial charge in [0.25, 0.3) is 11.5 Å². The Morgan fingerprint density at radius 2 is 2.06 bits per heavy atom. The second-order valence-corrected chi connectivity index (χ2v) is 9.12. The SMILES string of the molecule is CNc1cc(Nc2cccn([C@@H]3[C@@H]4COC[C@@H]43)c2=O)nn2c(C(=O)N[C@H]3CC[C@@H]3OC)cnc12. The van der Waals surface area contributed by atoms with Crippen LogP contribution in [0.4, 0.5) is 17.2 Å². The fourth-order valence-corrected chi connectivity index (χ4v) is 5.13. The van der Waals surface area contributed by atoms with E-state index in [0.717, 1.165) is 12.8 Å². The van der Waals surface area contributed by atoms with Crippen molar-refractivity contribution in [3.63, 3.8) is 0 Å². The van der Waals surface area contributed by atoms with Gasteiger partial charge in [-0.3, -0.25) is 9.59 Å². The number of aromatic nitrogens is 4. The Balaban J connectivity index is 1.30. The molecule has 6 rings (SSSR count). The molecule has 1 amide bonds.